The number of para-hydroxylation sites is 1. The maximum atomic E-state index is 13.5. The molecule has 0 spiro atoms. The SMILES string of the molecule is O=C(CN1CCc2ccccc21)Nc1ccc(F)c(F)c1F. The number of nitrogens with one attached hydrogen (secondary N) is 1. The molecule has 0 unspecified atom stereocenters. The van der Waals surface area contributed by atoms with Crippen LogP contribution in [0.2, 0.25) is 0 Å². The minimum absolute atomic E-state index is 0.0233. The summed E-state index contributed by atoms with van der Waals surface area (Å²) in [6.07, 6.45) is 0.836. The number of carbonyl (C=O) groups is 1. The Bertz CT molecular complexity index is 733. The van der Waals surface area contributed by atoms with Crippen LogP contribution in [-0.4, -0.2) is 19.0 Å². The number of halogens is 3. The third-order valence-corrected chi connectivity index (χ3v) is 3.63. The van der Waals surface area contributed by atoms with Gasteiger partial charge in [-0.3, -0.25) is 4.79 Å². The molecule has 0 aliphatic carbocycles. The standard InChI is InChI=1S/C16H13F3N2O/c17-11-5-6-12(16(19)15(11)18)20-14(22)9-21-8-7-10-3-1-2-4-13(10)21/h1-6H,7-9H2,(H,20,22). The minimum atomic E-state index is -1.59. The van der Waals surface area contributed by atoms with Gasteiger partial charge in [0.05, 0.1) is 12.2 Å². The first-order chi connectivity index (χ1) is 10.6. The maximum Gasteiger partial charge on any atom is 0.243 e. The van der Waals surface area contributed by atoms with Crippen LogP contribution < -0.4 is 10.2 Å². The van der Waals surface area contributed by atoms with Crippen molar-refractivity contribution in [3.8, 4) is 0 Å². The van der Waals surface area contributed by atoms with Gasteiger partial charge in [-0.25, -0.2) is 13.2 Å². The second-order valence-electron chi connectivity index (χ2n) is 5.07. The number of amides is 1. The number of hydrogen-bond donors (Lipinski definition) is 1. The minimum Gasteiger partial charge on any atom is -0.362 e. The van der Waals surface area contributed by atoms with Crippen LogP contribution in [0.15, 0.2) is 36.4 Å². The van der Waals surface area contributed by atoms with E-state index in [0.717, 1.165) is 29.8 Å². The molecule has 0 aromatic heterocycles. The molecule has 1 heterocycles. The highest BCUT2D eigenvalue weighted by Gasteiger charge is 2.21. The van der Waals surface area contributed by atoms with Gasteiger partial charge in [-0.1, -0.05) is 18.2 Å². The Morgan fingerprint density at radius 1 is 1.09 bits per heavy atom. The van der Waals surface area contributed by atoms with E-state index in [0.29, 0.717) is 6.54 Å². The third-order valence-electron chi connectivity index (χ3n) is 3.63. The summed E-state index contributed by atoms with van der Waals surface area (Å²) < 4.78 is 39.5. The largest absolute Gasteiger partial charge is 0.362 e. The molecule has 0 saturated heterocycles. The monoisotopic (exact) mass is 306 g/mol. The fraction of sp³-hybridized carbons (Fsp3) is 0.188. The van der Waals surface area contributed by atoms with E-state index in [1.54, 1.807) is 0 Å². The molecule has 2 aromatic rings. The first-order valence-corrected chi connectivity index (χ1v) is 6.82. The molecule has 1 amide bonds. The summed E-state index contributed by atoms with van der Waals surface area (Å²) in [6.45, 7) is 0.711. The number of benzene rings is 2. The van der Waals surface area contributed by atoms with Gasteiger partial charge in [0.2, 0.25) is 5.91 Å². The van der Waals surface area contributed by atoms with Crippen LogP contribution >= 0.6 is 0 Å². The Labute approximate surface area is 125 Å². The molecule has 114 valence electrons. The Balaban J connectivity index is 1.71. The smallest absolute Gasteiger partial charge is 0.243 e. The average Bonchev–Trinajstić information content (AvgIpc) is 2.91. The zero-order chi connectivity index (χ0) is 15.7. The molecule has 1 aliphatic rings. The molecule has 0 saturated carbocycles. The van der Waals surface area contributed by atoms with E-state index in [4.69, 9.17) is 0 Å². The summed E-state index contributed by atoms with van der Waals surface area (Å²) in [4.78, 5) is 13.9. The number of carbonyl (C=O) groups excluding carboxylic acids is 1. The highest BCUT2D eigenvalue weighted by molar-refractivity contribution is 5.94. The van der Waals surface area contributed by atoms with Gasteiger partial charge in [-0.05, 0) is 30.2 Å². The molecule has 1 N–H and O–H groups in total. The fourth-order valence-electron chi connectivity index (χ4n) is 2.56. The number of fused-ring (bicyclic) bond motifs is 1. The lowest BCUT2D eigenvalue weighted by Crippen LogP contribution is -2.32. The number of hydrogen-bond acceptors (Lipinski definition) is 2. The molecule has 0 bridgehead atoms. The van der Waals surface area contributed by atoms with Crippen LogP contribution in [0.25, 0.3) is 0 Å². The quantitative estimate of drug-likeness (QED) is 0.884. The maximum absolute atomic E-state index is 13.5. The molecule has 3 nitrogen and oxygen atoms in total. The van der Waals surface area contributed by atoms with E-state index >= 15 is 0 Å². The van der Waals surface area contributed by atoms with Crippen molar-refractivity contribution >= 4 is 17.3 Å². The van der Waals surface area contributed by atoms with Crippen molar-refractivity contribution in [1.82, 2.24) is 0 Å². The zero-order valence-electron chi connectivity index (χ0n) is 11.6. The van der Waals surface area contributed by atoms with Gasteiger partial charge in [-0.2, -0.15) is 0 Å². The third kappa shape index (κ3) is 2.64. The van der Waals surface area contributed by atoms with Gasteiger partial charge in [-0.15, -0.1) is 0 Å². The lowest BCUT2D eigenvalue weighted by Gasteiger charge is -2.18. The van der Waals surface area contributed by atoms with E-state index < -0.39 is 23.4 Å². The highest BCUT2D eigenvalue weighted by Crippen LogP contribution is 2.27. The molecule has 1 aliphatic heterocycles. The van der Waals surface area contributed by atoms with Gasteiger partial charge in [0.15, 0.2) is 17.5 Å². The van der Waals surface area contributed by atoms with Gasteiger partial charge in [0.1, 0.15) is 0 Å². The Kier molecular flexibility index (Phi) is 3.75. The van der Waals surface area contributed by atoms with E-state index in [1.807, 2.05) is 29.2 Å². The number of rotatable bonds is 3. The zero-order valence-corrected chi connectivity index (χ0v) is 11.6. The molecule has 6 heteroatoms. The van der Waals surface area contributed by atoms with Crippen molar-refractivity contribution in [1.29, 1.82) is 0 Å². The molecule has 0 fully saturated rings. The van der Waals surface area contributed by atoms with Crippen LogP contribution in [0, 0.1) is 17.5 Å². The Morgan fingerprint density at radius 3 is 2.68 bits per heavy atom. The van der Waals surface area contributed by atoms with Crippen molar-refractivity contribution in [3.05, 3.63) is 59.4 Å². The van der Waals surface area contributed by atoms with Crippen molar-refractivity contribution in [2.75, 3.05) is 23.3 Å². The number of nitrogens with zero attached hydrogens (tertiary/aromatic N) is 1. The molecule has 3 rings (SSSR count). The summed E-state index contributed by atoms with van der Waals surface area (Å²) in [5.41, 5.74) is 1.74. The molecule has 0 radical (unpaired) electrons. The van der Waals surface area contributed by atoms with E-state index in [1.165, 1.54) is 0 Å². The topological polar surface area (TPSA) is 32.3 Å². The van der Waals surface area contributed by atoms with E-state index in [2.05, 4.69) is 5.32 Å². The first-order valence-electron chi connectivity index (χ1n) is 6.82. The summed E-state index contributed by atoms with van der Waals surface area (Å²) in [6, 6.07) is 9.49. The molecule has 22 heavy (non-hydrogen) atoms. The van der Waals surface area contributed by atoms with Crippen molar-refractivity contribution < 1.29 is 18.0 Å². The molecular weight excluding hydrogens is 293 g/mol. The Morgan fingerprint density at radius 2 is 1.86 bits per heavy atom. The molecule has 0 atom stereocenters. The summed E-state index contributed by atoms with van der Waals surface area (Å²) in [5.74, 6) is -4.76. The predicted octanol–water partition coefficient (Wildman–Crippen LogP) is 3.11. The first kappa shape index (κ1) is 14.4. The normalized spacial score (nSPS) is 13.1. The molecular formula is C16H13F3N2O. The van der Waals surface area contributed by atoms with E-state index in [9.17, 15) is 18.0 Å². The lowest BCUT2D eigenvalue weighted by atomic mass is 10.2. The van der Waals surface area contributed by atoms with Crippen LogP contribution in [0.1, 0.15) is 5.56 Å². The van der Waals surface area contributed by atoms with Gasteiger partial charge < -0.3 is 10.2 Å². The van der Waals surface area contributed by atoms with Gasteiger partial charge in [0.25, 0.3) is 0 Å². The van der Waals surface area contributed by atoms with Crippen molar-refractivity contribution in [2.24, 2.45) is 0 Å². The highest BCUT2D eigenvalue weighted by atomic mass is 19.2. The lowest BCUT2D eigenvalue weighted by molar-refractivity contribution is -0.115. The predicted molar refractivity (Wildman–Crippen MR) is 77.3 cm³/mol. The summed E-state index contributed by atoms with van der Waals surface area (Å²) >= 11 is 0. The van der Waals surface area contributed by atoms with Gasteiger partial charge >= 0.3 is 0 Å². The van der Waals surface area contributed by atoms with Crippen LogP contribution in [-0.2, 0) is 11.2 Å². The second kappa shape index (κ2) is 5.71. The Hall–Kier alpha value is -2.50. The van der Waals surface area contributed by atoms with E-state index in [-0.39, 0.29) is 12.2 Å². The fourth-order valence-corrected chi connectivity index (χ4v) is 2.56. The van der Waals surface area contributed by atoms with Gasteiger partial charge in [0, 0.05) is 12.2 Å². The van der Waals surface area contributed by atoms with Crippen molar-refractivity contribution in [2.45, 2.75) is 6.42 Å². The summed E-state index contributed by atoms with van der Waals surface area (Å²) in [7, 11) is 0. The van der Waals surface area contributed by atoms with Crippen LogP contribution in [0.3, 0.4) is 0 Å². The van der Waals surface area contributed by atoms with Crippen LogP contribution in [0.4, 0.5) is 24.5 Å². The van der Waals surface area contributed by atoms with Crippen molar-refractivity contribution in [3.63, 3.8) is 0 Å². The second-order valence-corrected chi connectivity index (χ2v) is 5.07. The summed E-state index contributed by atoms with van der Waals surface area (Å²) in [5, 5.41) is 2.27. The van der Waals surface area contributed by atoms with Crippen LogP contribution in [0.5, 0.6) is 0 Å². The molecule has 2 aromatic carbocycles. The number of anilines is 2. The average molecular weight is 306 g/mol.